The average molecular weight is 238 g/mol. The maximum absolute atomic E-state index is 11.7. The van der Waals surface area contributed by atoms with E-state index in [0.717, 1.165) is 19.0 Å². The molecule has 17 heavy (non-hydrogen) atoms. The van der Waals surface area contributed by atoms with Gasteiger partial charge in [-0.2, -0.15) is 0 Å². The van der Waals surface area contributed by atoms with E-state index in [0.29, 0.717) is 12.0 Å². The molecule has 0 radical (unpaired) electrons. The molecule has 2 rings (SSSR count). The van der Waals surface area contributed by atoms with Crippen molar-refractivity contribution < 1.29 is 4.79 Å². The van der Waals surface area contributed by atoms with Crippen LogP contribution in [0.15, 0.2) is 0 Å². The lowest BCUT2D eigenvalue weighted by Crippen LogP contribution is -2.41. The smallest absolute Gasteiger partial charge is 0.233 e. The van der Waals surface area contributed by atoms with Crippen molar-refractivity contribution in [2.45, 2.75) is 51.9 Å². The number of nitrogens with one attached hydrogen (secondary N) is 2. The van der Waals surface area contributed by atoms with Gasteiger partial charge in [0.15, 0.2) is 0 Å². The van der Waals surface area contributed by atoms with Gasteiger partial charge in [0, 0.05) is 6.54 Å². The minimum atomic E-state index is 0.164. The van der Waals surface area contributed by atoms with E-state index in [1.807, 2.05) is 0 Å². The van der Waals surface area contributed by atoms with Crippen LogP contribution in [0.25, 0.3) is 0 Å². The molecule has 0 saturated heterocycles. The highest BCUT2D eigenvalue weighted by Gasteiger charge is 2.27. The van der Waals surface area contributed by atoms with E-state index in [9.17, 15) is 4.79 Å². The van der Waals surface area contributed by atoms with Gasteiger partial charge in [0.25, 0.3) is 0 Å². The van der Waals surface area contributed by atoms with Crippen LogP contribution in [0.5, 0.6) is 0 Å². The summed E-state index contributed by atoms with van der Waals surface area (Å²) in [6.45, 7) is 4.68. The standard InChI is InChI=1S/C14H26N2O/c1-14(7-3-2-4-8-14)11-16-13(17)10-15-9-12-5-6-12/h12,15H,2-11H2,1H3,(H,16,17). The summed E-state index contributed by atoms with van der Waals surface area (Å²) in [7, 11) is 0. The van der Waals surface area contributed by atoms with Crippen molar-refractivity contribution in [3.8, 4) is 0 Å². The van der Waals surface area contributed by atoms with Crippen LogP contribution in [0.3, 0.4) is 0 Å². The van der Waals surface area contributed by atoms with Crippen molar-refractivity contribution >= 4 is 5.91 Å². The topological polar surface area (TPSA) is 41.1 Å². The molecule has 0 aromatic rings. The Hall–Kier alpha value is -0.570. The molecule has 2 N–H and O–H groups in total. The largest absolute Gasteiger partial charge is 0.354 e. The van der Waals surface area contributed by atoms with Crippen LogP contribution in [0.1, 0.15) is 51.9 Å². The van der Waals surface area contributed by atoms with Gasteiger partial charge in [-0.3, -0.25) is 4.79 Å². The summed E-state index contributed by atoms with van der Waals surface area (Å²) in [5, 5.41) is 6.32. The number of hydrogen-bond donors (Lipinski definition) is 2. The van der Waals surface area contributed by atoms with Crippen LogP contribution >= 0.6 is 0 Å². The Kier molecular flexibility index (Phi) is 4.43. The monoisotopic (exact) mass is 238 g/mol. The maximum atomic E-state index is 11.7. The van der Waals surface area contributed by atoms with E-state index in [2.05, 4.69) is 17.6 Å². The summed E-state index contributed by atoms with van der Waals surface area (Å²) < 4.78 is 0. The Labute approximate surface area is 105 Å². The summed E-state index contributed by atoms with van der Waals surface area (Å²) in [5.74, 6) is 1.01. The van der Waals surface area contributed by atoms with Crippen LogP contribution < -0.4 is 10.6 Å². The van der Waals surface area contributed by atoms with E-state index < -0.39 is 0 Å². The molecule has 0 spiro atoms. The van der Waals surface area contributed by atoms with Crippen molar-refractivity contribution in [1.29, 1.82) is 0 Å². The lowest BCUT2D eigenvalue weighted by atomic mass is 9.76. The highest BCUT2D eigenvalue weighted by molar-refractivity contribution is 5.78. The van der Waals surface area contributed by atoms with Gasteiger partial charge in [-0.05, 0) is 43.6 Å². The third-order valence-corrected chi connectivity index (χ3v) is 4.19. The fraction of sp³-hybridized carbons (Fsp3) is 0.929. The Morgan fingerprint density at radius 2 is 1.94 bits per heavy atom. The minimum absolute atomic E-state index is 0.164. The molecule has 98 valence electrons. The minimum Gasteiger partial charge on any atom is -0.354 e. The third-order valence-electron chi connectivity index (χ3n) is 4.19. The summed E-state index contributed by atoms with van der Waals surface area (Å²) in [6, 6.07) is 0. The number of amides is 1. The second-order valence-electron chi connectivity index (χ2n) is 6.22. The number of hydrogen-bond acceptors (Lipinski definition) is 2. The molecule has 0 aromatic heterocycles. The zero-order valence-electron chi connectivity index (χ0n) is 11.1. The highest BCUT2D eigenvalue weighted by Crippen LogP contribution is 2.34. The van der Waals surface area contributed by atoms with Gasteiger partial charge in [-0.25, -0.2) is 0 Å². The van der Waals surface area contributed by atoms with Crippen LogP contribution in [0, 0.1) is 11.3 Å². The van der Waals surface area contributed by atoms with Crippen LogP contribution in [-0.2, 0) is 4.79 Å². The Morgan fingerprint density at radius 1 is 1.24 bits per heavy atom. The average Bonchev–Trinajstić information content (AvgIpc) is 3.12. The number of carbonyl (C=O) groups is 1. The van der Waals surface area contributed by atoms with Gasteiger partial charge >= 0.3 is 0 Å². The van der Waals surface area contributed by atoms with Gasteiger partial charge in [-0.15, -0.1) is 0 Å². The van der Waals surface area contributed by atoms with Gasteiger partial charge in [0.05, 0.1) is 6.54 Å². The predicted octanol–water partition coefficient (Wildman–Crippen LogP) is 2.07. The normalized spacial score (nSPS) is 23.4. The Morgan fingerprint density at radius 3 is 2.59 bits per heavy atom. The number of carbonyl (C=O) groups excluding carboxylic acids is 1. The molecule has 3 heteroatoms. The molecule has 2 fully saturated rings. The van der Waals surface area contributed by atoms with Gasteiger partial charge in [0.1, 0.15) is 0 Å². The van der Waals surface area contributed by atoms with Crippen molar-refractivity contribution in [3.63, 3.8) is 0 Å². The second kappa shape index (κ2) is 5.85. The zero-order chi connectivity index (χ0) is 12.1. The second-order valence-corrected chi connectivity index (χ2v) is 6.22. The quantitative estimate of drug-likeness (QED) is 0.744. The van der Waals surface area contributed by atoms with Gasteiger partial charge in [-0.1, -0.05) is 26.2 Å². The van der Waals surface area contributed by atoms with Gasteiger partial charge in [0.2, 0.25) is 5.91 Å². The van der Waals surface area contributed by atoms with E-state index in [4.69, 9.17) is 0 Å². The molecule has 0 unspecified atom stereocenters. The number of rotatable bonds is 6. The lowest BCUT2D eigenvalue weighted by molar-refractivity contribution is -0.120. The summed E-state index contributed by atoms with van der Waals surface area (Å²) >= 11 is 0. The first-order valence-electron chi connectivity index (χ1n) is 7.15. The van der Waals surface area contributed by atoms with E-state index in [1.165, 1.54) is 44.9 Å². The van der Waals surface area contributed by atoms with E-state index in [-0.39, 0.29) is 5.91 Å². The molecule has 0 bridgehead atoms. The van der Waals surface area contributed by atoms with E-state index >= 15 is 0 Å². The molecule has 3 nitrogen and oxygen atoms in total. The molecule has 0 aliphatic heterocycles. The van der Waals surface area contributed by atoms with Crippen molar-refractivity contribution in [2.75, 3.05) is 19.6 Å². The molecule has 2 aliphatic rings. The molecule has 1 amide bonds. The van der Waals surface area contributed by atoms with Crippen molar-refractivity contribution in [2.24, 2.45) is 11.3 Å². The first kappa shape index (κ1) is 12.9. The first-order valence-corrected chi connectivity index (χ1v) is 7.15. The molecule has 0 aromatic carbocycles. The summed E-state index contributed by atoms with van der Waals surface area (Å²) in [5.41, 5.74) is 0.352. The highest BCUT2D eigenvalue weighted by atomic mass is 16.1. The fourth-order valence-corrected chi connectivity index (χ4v) is 2.67. The molecule has 0 heterocycles. The van der Waals surface area contributed by atoms with E-state index in [1.54, 1.807) is 0 Å². The predicted molar refractivity (Wildman–Crippen MR) is 69.8 cm³/mol. The van der Waals surface area contributed by atoms with Crippen LogP contribution in [0.4, 0.5) is 0 Å². The molecular formula is C14H26N2O. The molecule has 2 saturated carbocycles. The third kappa shape index (κ3) is 4.66. The molecule has 2 aliphatic carbocycles. The summed E-state index contributed by atoms with van der Waals surface area (Å²) in [4.78, 5) is 11.7. The summed E-state index contributed by atoms with van der Waals surface area (Å²) in [6.07, 6.45) is 9.23. The van der Waals surface area contributed by atoms with Crippen LogP contribution in [0.2, 0.25) is 0 Å². The zero-order valence-corrected chi connectivity index (χ0v) is 11.1. The Balaban J connectivity index is 1.57. The van der Waals surface area contributed by atoms with Crippen molar-refractivity contribution in [1.82, 2.24) is 10.6 Å². The maximum Gasteiger partial charge on any atom is 0.233 e. The molecule has 0 atom stereocenters. The molecular weight excluding hydrogens is 212 g/mol. The fourth-order valence-electron chi connectivity index (χ4n) is 2.67. The van der Waals surface area contributed by atoms with Gasteiger partial charge < -0.3 is 10.6 Å². The Bertz CT molecular complexity index is 255. The van der Waals surface area contributed by atoms with Crippen molar-refractivity contribution in [3.05, 3.63) is 0 Å². The SMILES string of the molecule is CC1(CNC(=O)CNCC2CC2)CCCCC1. The first-order chi connectivity index (χ1) is 8.18. The lowest BCUT2D eigenvalue weighted by Gasteiger charge is -2.33. The van der Waals surface area contributed by atoms with Crippen LogP contribution in [-0.4, -0.2) is 25.5 Å².